The van der Waals surface area contributed by atoms with Crippen molar-refractivity contribution in [2.75, 3.05) is 5.32 Å². The van der Waals surface area contributed by atoms with Gasteiger partial charge in [-0.05, 0) is 65.1 Å². The summed E-state index contributed by atoms with van der Waals surface area (Å²) in [4.78, 5) is 12.0. The summed E-state index contributed by atoms with van der Waals surface area (Å²) >= 11 is 2.38. The second kappa shape index (κ2) is 4.59. The van der Waals surface area contributed by atoms with E-state index in [0.29, 0.717) is 0 Å². The van der Waals surface area contributed by atoms with E-state index < -0.39 is 0 Å². The highest BCUT2D eigenvalue weighted by Gasteiger charge is 2.24. The van der Waals surface area contributed by atoms with Crippen molar-refractivity contribution in [3.05, 3.63) is 26.8 Å². The average molecular weight is 343 g/mol. The van der Waals surface area contributed by atoms with Gasteiger partial charge in [0, 0.05) is 14.7 Å². The number of rotatable bonds is 1. The Hall–Kier alpha value is -0.580. The molecule has 0 aromatic heterocycles. The van der Waals surface area contributed by atoms with E-state index in [2.05, 4.69) is 34.0 Å². The quantitative estimate of drug-likeness (QED) is 0.773. The summed E-state index contributed by atoms with van der Waals surface area (Å²) in [5.41, 5.74) is 3.44. The Morgan fingerprint density at radius 3 is 2.53 bits per heavy atom. The second-order valence-corrected chi connectivity index (χ2v) is 6.77. The fraction of sp³-hybridized carbons (Fsp3) is 0.500. The summed E-state index contributed by atoms with van der Waals surface area (Å²) < 4.78 is 1.32. The molecule has 0 fully saturated rings. The van der Waals surface area contributed by atoms with Crippen molar-refractivity contribution in [2.45, 2.75) is 40.0 Å². The van der Waals surface area contributed by atoms with Crippen LogP contribution in [-0.4, -0.2) is 5.91 Å². The third-order valence-electron chi connectivity index (χ3n) is 3.16. The van der Waals surface area contributed by atoms with Gasteiger partial charge in [-0.3, -0.25) is 4.79 Å². The Morgan fingerprint density at radius 2 is 1.88 bits per heavy atom. The summed E-state index contributed by atoms with van der Waals surface area (Å²) in [6.07, 6.45) is 3.44. The highest BCUT2D eigenvalue weighted by Crippen LogP contribution is 2.33. The molecule has 0 heterocycles. The first-order chi connectivity index (χ1) is 7.89. The molecule has 0 radical (unpaired) electrons. The van der Waals surface area contributed by atoms with Crippen molar-refractivity contribution >= 4 is 34.2 Å². The van der Waals surface area contributed by atoms with Crippen LogP contribution in [-0.2, 0) is 17.6 Å². The first kappa shape index (κ1) is 12.9. The number of carbonyl (C=O) groups excluding carboxylic acids is 1. The van der Waals surface area contributed by atoms with E-state index in [4.69, 9.17) is 0 Å². The summed E-state index contributed by atoms with van der Waals surface area (Å²) in [5, 5.41) is 3.07. The Kier molecular flexibility index (Phi) is 3.48. The number of nitrogens with one attached hydrogen (secondary N) is 1. The average Bonchev–Trinajstić information content (AvgIpc) is 2.70. The van der Waals surface area contributed by atoms with E-state index in [1.165, 1.54) is 21.1 Å². The lowest BCUT2D eigenvalue weighted by atomic mass is 9.95. The minimum Gasteiger partial charge on any atom is -0.325 e. The SMILES string of the molecule is CC(C)(C)C(=O)Nc1ccc(I)c2c1CCC2. The van der Waals surface area contributed by atoms with Crippen LogP contribution in [0.1, 0.15) is 38.3 Å². The Bertz CT molecular complexity index is 460. The van der Waals surface area contributed by atoms with Gasteiger partial charge in [0.05, 0.1) is 0 Å². The first-order valence-corrected chi connectivity index (χ1v) is 7.09. The molecule has 0 unspecified atom stereocenters. The van der Waals surface area contributed by atoms with Gasteiger partial charge in [-0.2, -0.15) is 0 Å². The van der Waals surface area contributed by atoms with Crippen LogP contribution in [0.25, 0.3) is 0 Å². The van der Waals surface area contributed by atoms with Crippen molar-refractivity contribution in [1.29, 1.82) is 0 Å². The standard InChI is InChI=1S/C14H18INO/c1-14(2,3)13(17)16-12-8-7-11(15)9-5-4-6-10(9)12/h7-8H,4-6H2,1-3H3,(H,16,17). The third-order valence-corrected chi connectivity index (χ3v) is 4.17. The largest absolute Gasteiger partial charge is 0.325 e. The first-order valence-electron chi connectivity index (χ1n) is 6.01. The van der Waals surface area contributed by atoms with Crippen LogP contribution in [0.4, 0.5) is 5.69 Å². The molecule has 92 valence electrons. The zero-order valence-electron chi connectivity index (χ0n) is 10.6. The van der Waals surface area contributed by atoms with Crippen LogP contribution < -0.4 is 5.32 Å². The van der Waals surface area contributed by atoms with Gasteiger partial charge >= 0.3 is 0 Å². The molecule has 0 spiro atoms. The van der Waals surface area contributed by atoms with Crippen molar-refractivity contribution in [2.24, 2.45) is 5.41 Å². The van der Waals surface area contributed by atoms with E-state index in [1.807, 2.05) is 26.8 Å². The van der Waals surface area contributed by atoms with E-state index in [1.54, 1.807) is 0 Å². The van der Waals surface area contributed by atoms with Crippen LogP contribution >= 0.6 is 22.6 Å². The molecule has 0 aliphatic heterocycles. The lowest BCUT2D eigenvalue weighted by molar-refractivity contribution is -0.123. The smallest absolute Gasteiger partial charge is 0.229 e. The maximum Gasteiger partial charge on any atom is 0.229 e. The number of hydrogen-bond donors (Lipinski definition) is 1. The molecule has 0 saturated heterocycles. The van der Waals surface area contributed by atoms with Gasteiger partial charge in [0.15, 0.2) is 0 Å². The topological polar surface area (TPSA) is 29.1 Å². The van der Waals surface area contributed by atoms with Crippen molar-refractivity contribution in [1.82, 2.24) is 0 Å². The van der Waals surface area contributed by atoms with E-state index in [0.717, 1.165) is 18.5 Å². The zero-order chi connectivity index (χ0) is 12.6. The van der Waals surface area contributed by atoms with Crippen molar-refractivity contribution < 1.29 is 4.79 Å². The number of carbonyl (C=O) groups is 1. The van der Waals surface area contributed by atoms with Gasteiger partial charge < -0.3 is 5.32 Å². The van der Waals surface area contributed by atoms with Crippen LogP contribution in [0.15, 0.2) is 12.1 Å². The Morgan fingerprint density at radius 1 is 1.24 bits per heavy atom. The molecule has 0 bridgehead atoms. The monoisotopic (exact) mass is 343 g/mol. The molecule has 1 aromatic rings. The molecule has 1 amide bonds. The van der Waals surface area contributed by atoms with Crippen LogP contribution in [0.2, 0.25) is 0 Å². The van der Waals surface area contributed by atoms with Gasteiger partial charge in [-0.15, -0.1) is 0 Å². The molecule has 1 N–H and O–H groups in total. The molecule has 2 nitrogen and oxygen atoms in total. The highest BCUT2D eigenvalue weighted by molar-refractivity contribution is 14.1. The number of anilines is 1. The van der Waals surface area contributed by atoms with Crippen LogP contribution in [0, 0.1) is 8.99 Å². The summed E-state index contributed by atoms with van der Waals surface area (Å²) in [6.45, 7) is 5.82. The fourth-order valence-corrected chi connectivity index (χ4v) is 2.86. The Labute approximate surface area is 116 Å². The minimum atomic E-state index is -0.339. The van der Waals surface area contributed by atoms with E-state index in [-0.39, 0.29) is 11.3 Å². The second-order valence-electron chi connectivity index (χ2n) is 5.61. The van der Waals surface area contributed by atoms with Gasteiger partial charge in [-0.25, -0.2) is 0 Å². The lowest BCUT2D eigenvalue weighted by Gasteiger charge is -2.19. The predicted octanol–water partition coefficient (Wildman–Crippen LogP) is 3.76. The lowest BCUT2D eigenvalue weighted by Crippen LogP contribution is -2.28. The molecule has 17 heavy (non-hydrogen) atoms. The van der Waals surface area contributed by atoms with Crippen LogP contribution in [0.5, 0.6) is 0 Å². The van der Waals surface area contributed by atoms with Crippen LogP contribution in [0.3, 0.4) is 0 Å². The number of amides is 1. The van der Waals surface area contributed by atoms with E-state index in [9.17, 15) is 4.79 Å². The predicted molar refractivity (Wildman–Crippen MR) is 79.3 cm³/mol. The fourth-order valence-electron chi connectivity index (χ4n) is 2.09. The number of halogens is 1. The van der Waals surface area contributed by atoms with Crippen molar-refractivity contribution in [3.63, 3.8) is 0 Å². The third kappa shape index (κ3) is 2.64. The molecular formula is C14H18INO. The molecule has 2 rings (SSSR count). The van der Waals surface area contributed by atoms with Gasteiger partial charge in [0.2, 0.25) is 5.91 Å². The maximum atomic E-state index is 12.0. The number of benzene rings is 1. The van der Waals surface area contributed by atoms with Crippen molar-refractivity contribution in [3.8, 4) is 0 Å². The van der Waals surface area contributed by atoms with E-state index >= 15 is 0 Å². The molecule has 1 aromatic carbocycles. The Balaban J connectivity index is 2.30. The summed E-state index contributed by atoms with van der Waals surface area (Å²) in [6, 6.07) is 4.14. The number of hydrogen-bond acceptors (Lipinski definition) is 1. The summed E-state index contributed by atoms with van der Waals surface area (Å²) in [7, 11) is 0. The molecule has 0 atom stereocenters. The minimum absolute atomic E-state index is 0.0906. The number of fused-ring (bicyclic) bond motifs is 1. The molecule has 3 heteroatoms. The summed E-state index contributed by atoms with van der Waals surface area (Å²) in [5.74, 6) is 0.0906. The van der Waals surface area contributed by atoms with Gasteiger partial charge in [0.1, 0.15) is 0 Å². The molecule has 1 aliphatic rings. The zero-order valence-corrected chi connectivity index (χ0v) is 12.7. The maximum absolute atomic E-state index is 12.0. The normalized spacial score (nSPS) is 14.6. The van der Waals surface area contributed by atoms with Gasteiger partial charge in [-0.1, -0.05) is 20.8 Å². The van der Waals surface area contributed by atoms with Gasteiger partial charge in [0.25, 0.3) is 0 Å². The molecule has 1 aliphatic carbocycles. The highest BCUT2D eigenvalue weighted by atomic mass is 127. The molecular weight excluding hydrogens is 325 g/mol. The molecule has 0 saturated carbocycles.